The SMILES string of the molecule is COC(=O)c1cc(C(C)=O)cc(S(=O)(=O)[O-])c1.[Na+]. The summed E-state index contributed by atoms with van der Waals surface area (Å²) in [5.74, 6) is -1.28. The summed E-state index contributed by atoms with van der Waals surface area (Å²) in [6.07, 6.45) is 0. The molecule has 6 nitrogen and oxygen atoms in total. The molecule has 0 amide bonds. The molecule has 1 aromatic rings. The predicted octanol–water partition coefficient (Wildman–Crippen LogP) is -2.42. The molecule has 0 fully saturated rings. The Morgan fingerprint density at radius 3 is 2.06 bits per heavy atom. The molecular weight excluding hydrogens is 271 g/mol. The number of hydrogen-bond donors (Lipinski definition) is 0. The van der Waals surface area contributed by atoms with Crippen LogP contribution in [0.5, 0.6) is 0 Å². The Morgan fingerprint density at radius 1 is 1.17 bits per heavy atom. The van der Waals surface area contributed by atoms with Crippen LogP contribution in [-0.2, 0) is 14.9 Å². The fourth-order valence-electron chi connectivity index (χ4n) is 1.18. The van der Waals surface area contributed by atoms with Gasteiger partial charge in [-0.1, -0.05) is 0 Å². The van der Waals surface area contributed by atoms with Crippen LogP contribution in [0, 0.1) is 0 Å². The number of carbonyl (C=O) groups excluding carboxylic acids is 2. The second kappa shape index (κ2) is 6.44. The molecule has 8 heteroatoms. The number of Topliss-reactive ketones (excluding diaryl/α,β-unsaturated/α-hetero) is 1. The van der Waals surface area contributed by atoms with Crippen molar-refractivity contribution in [3.63, 3.8) is 0 Å². The molecule has 0 saturated carbocycles. The van der Waals surface area contributed by atoms with Gasteiger partial charge in [0.05, 0.1) is 17.6 Å². The van der Waals surface area contributed by atoms with Crippen molar-refractivity contribution < 1.29 is 56.9 Å². The van der Waals surface area contributed by atoms with Crippen LogP contribution in [0.2, 0.25) is 0 Å². The van der Waals surface area contributed by atoms with Gasteiger partial charge in [0.25, 0.3) is 0 Å². The van der Waals surface area contributed by atoms with Crippen molar-refractivity contribution in [2.24, 2.45) is 0 Å². The molecule has 0 atom stereocenters. The first-order valence-electron chi connectivity index (χ1n) is 4.46. The largest absolute Gasteiger partial charge is 1.00 e. The topological polar surface area (TPSA) is 101 Å². The molecule has 1 rings (SSSR count). The van der Waals surface area contributed by atoms with E-state index in [4.69, 9.17) is 0 Å². The molecule has 0 aliphatic rings. The summed E-state index contributed by atoms with van der Waals surface area (Å²) in [5.41, 5.74) is -0.197. The van der Waals surface area contributed by atoms with E-state index in [2.05, 4.69) is 4.74 Å². The molecule has 0 radical (unpaired) electrons. The molecule has 0 N–H and O–H groups in total. The van der Waals surface area contributed by atoms with Gasteiger partial charge in [0.2, 0.25) is 0 Å². The predicted molar refractivity (Wildman–Crippen MR) is 55.7 cm³/mol. The Morgan fingerprint density at radius 2 is 1.67 bits per heavy atom. The van der Waals surface area contributed by atoms with Crippen molar-refractivity contribution in [3.8, 4) is 0 Å². The number of ether oxygens (including phenoxy) is 1. The number of benzene rings is 1. The molecule has 0 heterocycles. The van der Waals surface area contributed by atoms with Crippen LogP contribution in [0.25, 0.3) is 0 Å². The van der Waals surface area contributed by atoms with Gasteiger partial charge in [-0.2, -0.15) is 0 Å². The van der Waals surface area contributed by atoms with E-state index in [1.165, 1.54) is 13.0 Å². The average molecular weight is 280 g/mol. The number of ketones is 1. The molecule has 92 valence electrons. The van der Waals surface area contributed by atoms with Crippen LogP contribution in [0.1, 0.15) is 27.6 Å². The number of hydrogen-bond acceptors (Lipinski definition) is 6. The van der Waals surface area contributed by atoms with E-state index < -0.39 is 26.8 Å². The van der Waals surface area contributed by atoms with E-state index in [1.54, 1.807) is 0 Å². The van der Waals surface area contributed by atoms with Crippen molar-refractivity contribution in [3.05, 3.63) is 29.3 Å². The Hall–Kier alpha value is -0.730. The zero-order chi connectivity index (χ0) is 13.2. The van der Waals surface area contributed by atoms with E-state index in [0.717, 1.165) is 19.2 Å². The standard InChI is InChI=1S/C10H10O6S.Na/c1-6(11)7-3-8(10(12)16-2)5-9(4-7)17(13,14)15;/h3-5H,1-2H3,(H,13,14,15);/q;+1/p-1. The number of methoxy groups -OCH3 is 1. The Bertz CT molecular complexity index is 578. The molecule has 0 aliphatic heterocycles. The first kappa shape index (κ1) is 17.3. The summed E-state index contributed by atoms with van der Waals surface area (Å²) >= 11 is 0. The second-order valence-electron chi connectivity index (χ2n) is 3.25. The first-order valence-corrected chi connectivity index (χ1v) is 5.87. The van der Waals surface area contributed by atoms with Crippen molar-refractivity contribution in [1.29, 1.82) is 0 Å². The van der Waals surface area contributed by atoms with Gasteiger partial charge in [0.15, 0.2) is 5.78 Å². The Kier molecular flexibility index (Phi) is 6.18. The molecule has 0 aromatic heterocycles. The van der Waals surface area contributed by atoms with Gasteiger partial charge in [-0.25, -0.2) is 13.2 Å². The summed E-state index contributed by atoms with van der Waals surface area (Å²) in [6.45, 7) is 1.19. The van der Waals surface area contributed by atoms with Crippen LogP contribution >= 0.6 is 0 Å². The quantitative estimate of drug-likeness (QED) is 0.264. The average Bonchev–Trinajstić information content (AvgIpc) is 2.26. The molecule has 18 heavy (non-hydrogen) atoms. The maximum atomic E-state index is 11.2. The molecule has 0 bridgehead atoms. The summed E-state index contributed by atoms with van der Waals surface area (Å²) < 4.78 is 36.9. The van der Waals surface area contributed by atoms with Gasteiger partial charge in [-0.3, -0.25) is 4.79 Å². The van der Waals surface area contributed by atoms with E-state index in [0.29, 0.717) is 0 Å². The van der Waals surface area contributed by atoms with Crippen LogP contribution in [-0.4, -0.2) is 31.8 Å². The third kappa shape index (κ3) is 4.18. The van der Waals surface area contributed by atoms with Crippen LogP contribution in [0.4, 0.5) is 0 Å². The molecule has 0 unspecified atom stereocenters. The third-order valence-corrected chi connectivity index (χ3v) is 2.84. The van der Waals surface area contributed by atoms with Crippen LogP contribution < -0.4 is 29.6 Å². The fraction of sp³-hybridized carbons (Fsp3) is 0.200. The van der Waals surface area contributed by atoms with E-state index in [-0.39, 0.29) is 40.7 Å². The van der Waals surface area contributed by atoms with Crippen LogP contribution in [0.15, 0.2) is 23.1 Å². The van der Waals surface area contributed by atoms with Crippen molar-refractivity contribution in [1.82, 2.24) is 0 Å². The Balaban J connectivity index is 0.00000289. The number of esters is 1. The van der Waals surface area contributed by atoms with Crippen LogP contribution in [0.3, 0.4) is 0 Å². The normalized spacial score (nSPS) is 10.4. The second-order valence-corrected chi connectivity index (χ2v) is 4.63. The summed E-state index contributed by atoms with van der Waals surface area (Å²) in [5, 5.41) is 0. The monoisotopic (exact) mass is 280 g/mol. The van der Waals surface area contributed by atoms with Crippen molar-refractivity contribution >= 4 is 21.9 Å². The zero-order valence-corrected chi connectivity index (χ0v) is 12.9. The fourth-order valence-corrected chi connectivity index (χ4v) is 1.72. The van der Waals surface area contributed by atoms with Gasteiger partial charge in [0, 0.05) is 5.56 Å². The summed E-state index contributed by atoms with van der Waals surface area (Å²) in [7, 11) is -3.63. The van der Waals surface area contributed by atoms with Gasteiger partial charge in [-0.15, -0.1) is 0 Å². The minimum Gasteiger partial charge on any atom is -0.744 e. The van der Waals surface area contributed by atoms with Gasteiger partial charge >= 0.3 is 35.5 Å². The third-order valence-electron chi connectivity index (χ3n) is 2.02. The smallest absolute Gasteiger partial charge is 0.744 e. The maximum absolute atomic E-state index is 11.2. The van der Waals surface area contributed by atoms with E-state index in [9.17, 15) is 22.6 Å². The van der Waals surface area contributed by atoms with Crippen molar-refractivity contribution in [2.45, 2.75) is 11.8 Å². The van der Waals surface area contributed by atoms with Crippen molar-refractivity contribution in [2.75, 3.05) is 7.11 Å². The first-order chi connectivity index (χ1) is 7.75. The van der Waals surface area contributed by atoms with Gasteiger partial charge in [0.1, 0.15) is 10.1 Å². The summed E-state index contributed by atoms with van der Waals surface area (Å²) in [4.78, 5) is 21.7. The zero-order valence-electron chi connectivity index (χ0n) is 10.1. The van der Waals surface area contributed by atoms with Gasteiger partial charge < -0.3 is 9.29 Å². The van der Waals surface area contributed by atoms with E-state index in [1.807, 2.05) is 0 Å². The molecular formula is C10H9NaO6S. The minimum atomic E-state index is -4.73. The Labute approximate surface area is 126 Å². The molecule has 0 spiro atoms. The summed E-state index contributed by atoms with van der Waals surface area (Å²) in [6, 6.07) is 2.97. The minimum absolute atomic E-state index is 0. The maximum Gasteiger partial charge on any atom is 1.00 e. The number of carbonyl (C=O) groups is 2. The van der Waals surface area contributed by atoms with E-state index >= 15 is 0 Å². The molecule has 0 saturated heterocycles. The van der Waals surface area contributed by atoms with Gasteiger partial charge in [-0.05, 0) is 25.1 Å². The number of rotatable bonds is 3. The molecule has 0 aliphatic carbocycles. The molecule has 1 aromatic carbocycles.